The van der Waals surface area contributed by atoms with Gasteiger partial charge in [0.1, 0.15) is 17.8 Å². The summed E-state index contributed by atoms with van der Waals surface area (Å²) < 4.78 is 45.0. The van der Waals surface area contributed by atoms with Crippen LogP contribution in [0.4, 0.5) is 23.7 Å². The molecule has 174 valence electrons. The lowest BCUT2D eigenvalue weighted by molar-refractivity contribution is -0.274. The maximum absolute atomic E-state index is 12.7. The standard InChI is InChI=1S/C20H22F3N3O6/c1-12-6-8-19(9-7-12)17(29)26(18(30)25-19)10-16(28)31-11-15(27)24-13-2-4-14(5-3-13)32-20(21,22)23/h2-5,12H,6-11H2,1H3,(H,24,27)(H,25,30). The van der Waals surface area contributed by atoms with Crippen LogP contribution < -0.4 is 15.4 Å². The molecule has 0 atom stereocenters. The summed E-state index contributed by atoms with van der Waals surface area (Å²) in [7, 11) is 0. The first-order chi connectivity index (χ1) is 15.0. The molecule has 32 heavy (non-hydrogen) atoms. The van der Waals surface area contributed by atoms with Crippen molar-refractivity contribution < 1.29 is 41.8 Å². The van der Waals surface area contributed by atoms with Gasteiger partial charge in [0.25, 0.3) is 11.8 Å². The zero-order valence-electron chi connectivity index (χ0n) is 17.2. The maximum Gasteiger partial charge on any atom is 0.573 e. The van der Waals surface area contributed by atoms with E-state index in [1.165, 1.54) is 12.1 Å². The molecule has 3 rings (SSSR count). The molecule has 1 spiro atoms. The van der Waals surface area contributed by atoms with E-state index in [0.717, 1.165) is 29.9 Å². The fraction of sp³-hybridized carbons (Fsp3) is 0.500. The van der Waals surface area contributed by atoms with E-state index in [1.54, 1.807) is 0 Å². The van der Waals surface area contributed by atoms with Gasteiger partial charge in [-0.15, -0.1) is 13.2 Å². The number of rotatable bonds is 6. The van der Waals surface area contributed by atoms with E-state index >= 15 is 0 Å². The third kappa shape index (κ3) is 5.68. The van der Waals surface area contributed by atoms with Crippen molar-refractivity contribution >= 4 is 29.5 Å². The van der Waals surface area contributed by atoms with Crippen LogP contribution in [0.1, 0.15) is 32.6 Å². The molecule has 0 unspecified atom stereocenters. The fourth-order valence-corrected chi connectivity index (χ4v) is 3.67. The Morgan fingerprint density at radius 1 is 1.19 bits per heavy atom. The van der Waals surface area contributed by atoms with Crippen molar-refractivity contribution in [2.24, 2.45) is 5.92 Å². The fourth-order valence-electron chi connectivity index (χ4n) is 3.67. The molecular weight excluding hydrogens is 435 g/mol. The van der Waals surface area contributed by atoms with Gasteiger partial charge >= 0.3 is 18.4 Å². The molecule has 1 saturated carbocycles. The van der Waals surface area contributed by atoms with Crippen LogP contribution in [0.5, 0.6) is 5.75 Å². The molecule has 0 bridgehead atoms. The number of amides is 4. The third-order valence-electron chi connectivity index (χ3n) is 5.40. The van der Waals surface area contributed by atoms with Crippen molar-refractivity contribution in [2.45, 2.75) is 44.5 Å². The number of hydrogen-bond acceptors (Lipinski definition) is 6. The molecule has 0 aromatic heterocycles. The molecule has 12 heteroatoms. The minimum atomic E-state index is -4.83. The van der Waals surface area contributed by atoms with E-state index in [4.69, 9.17) is 4.74 Å². The van der Waals surface area contributed by atoms with E-state index in [-0.39, 0.29) is 5.69 Å². The van der Waals surface area contributed by atoms with Gasteiger partial charge in [0.05, 0.1) is 0 Å². The summed E-state index contributed by atoms with van der Waals surface area (Å²) in [5.74, 6) is -2.18. The number of carbonyl (C=O) groups is 4. The quantitative estimate of drug-likeness (QED) is 0.501. The highest BCUT2D eigenvalue weighted by Gasteiger charge is 2.52. The van der Waals surface area contributed by atoms with Gasteiger partial charge in [0.2, 0.25) is 0 Å². The second-order valence-corrected chi connectivity index (χ2v) is 7.87. The van der Waals surface area contributed by atoms with E-state index in [2.05, 4.69) is 22.3 Å². The highest BCUT2D eigenvalue weighted by molar-refractivity contribution is 6.08. The smallest absolute Gasteiger partial charge is 0.454 e. The molecule has 1 heterocycles. The van der Waals surface area contributed by atoms with Gasteiger partial charge in [0, 0.05) is 5.69 Å². The summed E-state index contributed by atoms with van der Waals surface area (Å²) in [6.07, 6.45) is -2.26. The van der Waals surface area contributed by atoms with E-state index in [1.807, 2.05) is 0 Å². The zero-order valence-corrected chi connectivity index (χ0v) is 17.2. The number of hydrogen-bond donors (Lipinski definition) is 2. The van der Waals surface area contributed by atoms with E-state index in [9.17, 15) is 32.3 Å². The first-order valence-electron chi connectivity index (χ1n) is 9.93. The highest BCUT2D eigenvalue weighted by Crippen LogP contribution is 2.36. The van der Waals surface area contributed by atoms with Gasteiger partial charge in [-0.25, -0.2) is 4.79 Å². The van der Waals surface area contributed by atoms with Gasteiger partial charge in [-0.2, -0.15) is 0 Å². The number of urea groups is 1. The lowest BCUT2D eigenvalue weighted by Crippen LogP contribution is -2.49. The normalized spacial score (nSPS) is 23.1. The summed E-state index contributed by atoms with van der Waals surface area (Å²) >= 11 is 0. The molecule has 2 fully saturated rings. The van der Waals surface area contributed by atoms with Crippen molar-refractivity contribution in [3.8, 4) is 5.75 Å². The Morgan fingerprint density at radius 2 is 1.81 bits per heavy atom. The van der Waals surface area contributed by atoms with Crippen LogP contribution in [0.2, 0.25) is 0 Å². The first kappa shape index (κ1) is 23.4. The molecule has 4 amide bonds. The number of carbonyl (C=O) groups excluding carboxylic acids is 4. The van der Waals surface area contributed by atoms with Crippen LogP contribution in [-0.2, 0) is 19.1 Å². The lowest BCUT2D eigenvalue weighted by atomic mass is 9.77. The van der Waals surface area contributed by atoms with Crippen LogP contribution in [-0.4, -0.2) is 53.8 Å². The molecule has 9 nitrogen and oxygen atoms in total. The first-order valence-corrected chi connectivity index (χ1v) is 9.93. The monoisotopic (exact) mass is 457 g/mol. The summed E-state index contributed by atoms with van der Waals surface area (Å²) in [4.78, 5) is 49.6. The van der Waals surface area contributed by atoms with Gasteiger partial charge in [-0.05, 0) is 55.9 Å². The van der Waals surface area contributed by atoms with Gasteiger partial charge in [-0.3, -0.25) is 19.3 Å². The van der Waals surface area contributed by atoms with Crippen molar-refractivity contribution in [1.29, 1.82) is 0 Å². The average molecular weight is 457 g/mol. The van der Waals surface area contributed by atoms with Crippen LogP contribution >= 0.6 is 0 Å². The van der Waals surface area contributed by atoms with Gasteiger partial charge < -0.3 is 20.1 Å². The Balaban J connectivity index is 1.46. The van der Waals surface area contributed by atoms with Crippen LogP contribution in [0.25, 0.3) is 0 Å². The predicted octanol–water partition coefficient (Wildman–Crippen LogP) is 2.57. The number of anilines is 1. The lowest BCUT2D eigenvalue weighted by Gasteiger charge is -2.33. The SMILES string of the molecule is CC1CCC2(CC1)NC(=O)N(CC(=O)OCC(=O)Nc1ccc(OC(F)(F)F)cc1)C2=O. The molecule has 1 aliphatic carbocycles. The molecule has 2 aliphatic rings. The molecule has 2 N–H and O–H groups in total. The Bertz CT molecular complexity index is 895. The second-order valence-electron chi connectivity index (χ2n) is 7.87. The van der Waals surface area contributed by atoms with Crippen LogP contribution in [0.15, 0.2) is 24.3 Å². The van der Waals surface area contributed by atoms with Crippen molar-refractivity contribution in [1.82, 2.24) is 10.2 Å². The third-order valence-corrected chi connectivity index (χ3v) is 5.40. The number of benzene rings is 1. The molecule has 1 aliphatic heterocycles. The molecule has 1 aromatic rings. The highest BCUT2D eigenvalue weighted by atomic mass is 19.4. The summed E-state index contributed by atoms with van der Waals surface area (Å²) in [6.45, 7) is 0.740. The molecule has 1 aromatic carbocycles. The van der Waals surface area contributed by atoms with Crippen molar-refractivity contribution in [3.63, 3.8) is 0 Å². The largest absolute Gasteiger partial charge is 0.573 e. The number of nitrogens with one attached hydrogen (secondary N) is 2. The number of nitrogens with zero attached hydrogens (tertiary/aromatic N) is 1. The number of ether oxygens (including phenoxy) is 2. The summed E-state index contributed by atoms with van der Waals surface area (Å²) in [5.41, 5.74) is -0.827. The summed E-state index contributed by atoms with van der Waals surface area (Å²) in [6, 6.07) is 3.70. The second kappa shape index (κ2) is 9.05. The topological polar surface area (TPSA) is 114 Å². The van der Waals surface area contributed by atoms with Crippen molar-refractivity contribution in [3.05, 3.63) is 24.3 Å². The Kier molecular flexibility index (Phi) is 6.60. The maximum atomic E-state index is 12.7. The van der Waals surface area contributed by atoms with Gasteiger partial charge in [0.15, 0.2) is 6.61 Å². The van der Waals surface area contributed by atoms with Crippen LogP contribution in [0.3, 0.4) is 0 Å². The zero-order chi connectivity index (χ0) is 23.5. The van der Waals surface area contributed by atoms with Gasteiger partial charge in [-0.1, -0.05) is 6.92 Å². The predicted molar refractivity (Wildman–Crippen MR) is 103 cm³/mol. The molecule has 0 radical (unpaired) electrons. The molecule has 1 saturated heterocycles. The number of halogens is 3. The Labute approximate surface area is 181 Å². The van der Waals surface area contributed by atoms with Crippen LogP contribution in [0, 0.1) is 5.92 Å². The minimum Gasteiger partial charge on any atom is -0.454 e. The average Bonchev–Trinajstić information content (AvgIpc) is 2.93. The molecular formula is C20H22F3N3O6. The van der Waals surface area contributed by atoms with Crippen molar-refractivity contribution in [2.75, 3.05) is 18.5 Å². The van der Waals surface area contributed by atoms with E-state index in [0.29, 0.717) is 18.8 Å². The minimum absolute atomic E-state index is 0.156. The Hall–Kier alpha value is -3.31. The summed E-state index contributed by atoms with van der Waals surface area (Å²) in [5, 5.41) is 5.02. The number of imide groups is 1. The van der Waals surface area contributed by atoms with E-state index < -0.39 is 54.6 Å². The Morgan fingerprint density at radius 3 is 2.41 bits per heavy atom. The number of alkyl halides is 3. The number of esters is 1.